The first-order chi connectivity index (χ1) is 6.70. The molecule has 0 aromatic heterocycles. The molecule has 0 saturated carbocycles. The molecule has 0 heterocycles. The zero-order chi connectivity index (χ0) is 10.8. The van der Waals surface area contributed by atoms with Gasteiger partial charge in [-0.15, -0.1) is 0 Å². The van der Waals surface area contributed by atoms with E-state index in [-0.39, 0.29) is 0 Å². The maximum absolute atomic E-state index is 10.1. The normalized spacial score (nSPS) is 9.29. The summed E-state index contributed by atoms with van der Waals surface area (Å²) in [6.45, 7) is 0. The number of aliphatic carboxylic acids is 1. The van der Waals surface area contributed by atoms with Gasteiger partial charge in [0.25, 0.3) is 0 Å². The van der Waals surface area contributed by atoms with Crippen LogP contribution in [0, 0.1) is 0 Å². The molecule has 0 aliphatic carbocycles. The molecular formula is C11H15NO2. The topological polar surface area (TPSA) is 49.3 Å². The first-order valence-electron chi connectivity index (χ1n) is 4.25. The van der Waals surface area contributed by atoms with E-state index < -0.39 is 5.97 Å². The minimum absolute atomic E-state index is 0.898. The fraction of sp³-hybridized carbons (Fsp3) is 0.182. The van der Waals surface area contributed by atoms with Gasteiger partial charge in [-0.05, 0) is 25.7 Å². The van der Waals surface area contributed by atoms with Gasteiger partial charge in [-0.3, -0.25) is 0 Å². The summed E-state index contributed by atoms with van der Waals surface area (Å²) in [5.41, 5.74) is 0.898. The van der Waals surface area contributed by atoms with Crippen LogP contribution in [0.25, 0.3) is 6.08 Å². The van der Waals surface area contributed by atoms with Crippen LogP contribution in [0.2, 0.25) is 0 Å². The largest absolute Gasteiger partial charge is 0.478 e. The molecule has 3 nitrogen and oxygen atoms in total. The molecule has 0 aliphatic rings. The van der Waals surface area contributed by atoms with Gasteiger partial charge < -0.3 is 10.4 Å². The van der Waals surface area contributed by atoms with Crippen molar-refractivity contribution in [3.8, 4) is 0 Å². The fourth-order valence-electron chi connectivity index (χ4n) is 0.732. The molecule has 0 atom stereocenters. The molecule has 0 radical (unpaired) electrons. The van der Waals surface area contributed by atoms with Crippen LogP contribution in [-0.2, 0) is 4.79 Å². The predicted octanol–water partition coefficient (Wildman–Crippen LogP) is 1.62. The third-order valence-corrected chi connectivity index (χ3v) is 1.22. The van der Waals surface area contributed by atoms with Gasteiger partial charge in [0, 0.05) is 6.08 Å². The van der Waals surface area contributed by atoms with E-state index in [1.54, 1.807) is 6.08 Å². The van der Waals surface area contributed by atoms with Crippen LogP contribution in [0.4, 0.5) is 0 Å². The Hall–Kier alpha value is -1.61. The van der Waals surface area contributed by atoms with Crippen LogP contribution in [0.1, 0.15) is 5.56 Å². The Bertz CT molecular complexity index is 281. The Labute approximate surface area is 84.1 Å². The minimum Gasteiger partial charge on any atom is -0.478 e. The van der Waals surface area contributed by atoms with Crippen molar-refractivity contribution >= 4 is 12.0 Å². The second kappa shape index (κ2) is 8.01. The van der Waals surface area contributed by atoms with E-state index in [0.29, 0.717) is 0 Å². The van der Waals surface area contributed by atoms with Gasteiger partial charge in [0.05, 0.1) is 0 Å². The highest BCUT2D eigenvalue weighted by Crippen LogP contribution is 1.99. The Kier molecular flexibility index (Phi) is 7.09. The van der Waals surface area contributed by atoms with Gasteiger partial charge in [0.1, 0.15) is 0 Å². The SMILES string of the molecule is CNC.O=C(O)C=Cc1ccccc1. The van der Waals surface area contributed by atoms with Gasteiger partial charge in [0.2, 0.25) is 0 Å². The molecule has 0 saturated heterocycles. The maximum atomic E-state index is 10.1. The lowest BCUT2D eigenvalue weighted by molar-refractivity contribution is -0.131. The predicted molar refractivity (Wildman–Crippen MR) is 58.1 cm³/mol. The van der Waals surface area contributed by atoms with Crippen LogP contribution in [0.15, 0.2) is 36.4 Å². The van der Waals surface area contributed by atoms with Crippen molar-refractivity contribution in [2.75, 3.05) is 14.1 Å². The first-order valence-corrected chi connectivity index (χ1v) is 4.25. The summed E-state index contributed by atoms with van der Waals surface area (Å²) >= 11 is 0. The van der Waals surface area contributed by atoms with E-state index in [1.165, 1.54) is 0 Å². The molecule has 0 unspecified atom stereocenters. The number of nitrogens with one attached hydrogen (secondary N) is 1. The highest BCUT2D eigenvalue weighted by atomic mass is 16.4. The van der Waals surface area contributed by atoms with Crippen molar-refractivity contribution < 1.29 is 9.90 Å². The van der Waals surface area contributed by atoms with E-state index >= 15 is 0 Å². The summed E-state index contributed by atoms with van der Waals surface area (Å²) in [6.07, 6.45) is 2.68. The lowest BCUT2D eigenvalue weighted by Crippen LogP contribution is -1.89. The average molecular weight is 193 g/mol. The van der Waals surface area contributed by atoms with Crippen molar-refractivity contribution in [1.82, 2.24) is 5.32 Å². The Morgan fingerprint density at radius 3 is 2.21 bits per heavy atom. The minimum atomic E-state index is -0.922. The molecule has 3 heteroatoms. The highest BCUT2D eigenvalue weighted by Gasteiger charge is 1.85. The molecule has 0 aliphatic heterocycles. The van der Waals surface area contributed by atoms with Crippen molar-refractivity contribution in [2.45, 2.75) is 0 Å². The first kappa shape index (κ1) is 12.4. The number of carbonyl (C=O) groups is 1. The Morgan fingerprint density at radius 1 is 1.29 bits per heavy atom. The number of carboxylic acid groups (broad SMARTS) is 1. The second-order valence-corrected chi connectivity index (χ2v) is 2.58. The molecule has 0 spiro atoms. The summed E-state index contributed by atoms with van der Waals surface area (Å²) in [7, 11) is 3.75. The molecular weight excluding hydrogens is 178 g/mol. The lowest BCUT2D eigenvalue weighted by Gasteiger charge is -1.87. The summed E-state index contributed by atoms with van der Waals surface area (Å²) in [4.78, 5) is 10.1. The van der Waals surface area contributed by atoms with Crippen LogP contribution < -0.4 is 5.32 Å². The molecule has 0 fully saturated rings. The molecule has 14 heavy (non-hydrogen) atoms. The van der Waals surface area contributed by atoms with Crippen molar-refractivity contribution in [1.29, 1.82) is 0 Å². The zero-order valence-corrected chi connectivity index (χ0v) is 8.40. The van der Waals surface area contributed by atoms with Crippen molar-refractivity contribution in [3.63, 3.8) is 0 Å². The zero-order valence-electron chi connectivity index (χ0n) is 8.40. The second-order valence-electron chi connectivity index (χ2n) is 2.58. The fourth-order valence-corrected chi connectivity index (χ4v) is 0.732. The summed E-state index contributed by atoms with van der Waals surface area (Å²) in [5.74, 6) is -0.922. The molecule has 1 rings (SSSR count). The van der Waals surface area contributed by atoms with E-state index in [2.05, 4.69) is 5.32 Å². The molecule has 0 bridgehead atoms. The molecule has 1 aromatic rings. The van der Waals surface area contributed by atoms with E-state index in [4.69, 9.17) is 5.11 Å². The van der Waals surface area contributed by atoms with E-state index in [0.717, 1.165) is 11.6 Å². The molecule has 2 N–H and O–H groups in total. The molecule has 0 amide bonds. The van der Waals surface area contributed by atoms with E-state index in [1.807, 2.05) is 44.4 Å². The monoisotopic (exact) mass is 193 g/mol. The molecule has 76 valence electrons. The number of benzene rings is 1. The average Bonchev–Trinajstić information content (AvgIpc) is 2.18. The highest BCUT2D eigenvalue weighted by molar-refractivity contribution is 5.85. The van der Waals surface area contributed by atoms with Crippen LogP contribution >= 0.6 is 0 Å². The van der Waals surface area contributed by atoms with E-state index in [9.17, 15) is 4.79 Å². The summed E-state index contributed by atoms with van der Waals surface area (Å²) < 4.78 is 0. The van der Waals surface area contributed by atoms with Crippen molar-refractivity contribution in [2.24, 2.45) is 0 Å². The van der Waals surface area contributed by atoms with Gasteiger partial charge in [-0.1, -0.05) is 30.3 Å². The standard InChI is InChI=1S/C9H8O2.C2H7N/c10-9(11)7-6-8-4-2-1-3-5-8;1-3-2/h1-7H,(H,10,11);3H,1-2H3. The smallest absolute Gasteiger partial charge is 0.328 e. The Balaban J connectivity index is 0.000000500. The molecule has 1 aromatic carbocycles. The van der Waals surface area contributed by atoms with Gasteiger partial charge in [-0.25, -0.2) is 4.79 Å². The van der Waals surface area contributed by atoms with Gasteiger partial charge >= 0.3 is 5.97 Å². The Morgan fingerprint density at radius 2 is 1.79 bits per heavy atom. The third kappa shape index (κ3) is 7.06. The summed E-state index contributed by atoms with van der Waals surface area (Å²) in [6, 6.07) is 9.31. The van der Waals surface area contributed by atoms with Crippen LogP contribution in [0.5, 0.6) is 0 Å². The third-order valence-electron chi connectivity index (χ3n) is 1.22. The van der Waals surface area contributed by atoms with Crippen LogP contribution in [-0.4, -0.2) is 25.2 Å². The maximum Gasteiger partial charge on any atom is 0.328 e. The number of rotatable bonds is 2. The van der Waals surface area contributed by atoms with Crippen molar-refractivity contribution in [3.05, 3.63) is 42.0 Å². The van der Waals surface area contributed by atoms with Gasteiger partial charge in [0.15, 0.2) is 0 Å². The van der Waals surface area contributed by atoms with Gasteiger partial charge in [-0.2, -0.15) is 0 Å². The summed E-state index contributed by atoms with van der Waals surface area (Å²) in [5, 5.41) is 11.0. The lowest BCUT2D eigenvalue weighted by atomic mass is 10.2. The number of carboxylic acids is 1. The quantitative estimate of drug-likeness (QED) is 0.702. The number of hydrogen-bond acceptors (Lipinski definition) is 2. The van der Waals surface area contributed by atoms with Crippen LogP contribution in [0.3, 0.4) is 0 Å². The number of hydrogen-bond donors (Lipinski definition) is 2.